The van der Waals surface area contributed by atoms with Crippen LogP contribution in [-0.4, -0.2) is 18.3 Å². The zero-order valence-electron chi connectivity index (χ0n) is 6.80. The first kappa shape index (κ1) is 10.4. The van der Waals surface area contributed by atoms with Gasteiger partial charge in [0.15, 0.2) is 0 Å². The molecule has 0 aromatic carbocycles. The van der Waals surface area contributed by atoms with Gasteiger partial charge in [0.25, 0.3) is 0 Å². The number of alkyl halides is 1. The van der Waals surface area contributed by atoms with Crippen molar-refractivity contribution in [2.24, 2.45) is 4.99 Å². The van der Waals surface area contributed by atoms with E-state index in [-0.39, 0.29) is 0 Å². The molecular formula is C8H12BrNO. The Morgan fingerprint density at radius 2 is 2.36 bits per heavy atom. The maximum atomic E-state index is 5.02. The van der Waals surface area contributed by atoms with Crippen molar-refractivity contribution < 1.29 is 4.74 Å². The summed E-state index contributed by atoms with van der Waals surface area (Å²) in [7, 11) is 1.59. The summed E-state index contributed by atoms with van der Waals surface area (Å²) in [5, 5.41) is 0.740. The van der Waals surface area contributed by atoms with E-state index in [0.717, 1.165) is 10.9 Å². The van der Waals surface area contributed by atoms with Crippen LogP contribution in [0, 0.1) is 0 Å². The van der Waals surface area contributed by atoms with Gasteiger partial charge in [-0.25, -0.2) is 4.99 Å². The number of halogens is 1. The normalized spacial score (nSPS) is 13.0. The Bertz CT molecular complexity index is 185. The second-order valence-corrected chi connectivity index (χ2v) is 2.33. The van der Waals surface area contributed by atoms with Gasteiger partial charge in [0.1, 0.15) is 0 Å². The van der Waals surface area contributed by atoms with Crippen LogP contribution in [0.1, 0.15) is 6.92 Å². The van der Waals surface area contributed by atoms with Gasteiger partial charge >= 0.3 is 0 Å². The molecule has 0 spiro atoms. The van der Waals surface area contributed by atoms with Gasteiger partial charge in [-0.1, -0.05) is 28.6 Å². The highest BCUT2D eigenvalue weighted by atomic mass is 79.9. The van der Waals surface area contributed by atoms with E-state index in [1.54, 1.807) is 7.11 Å². The molecule has 0 fully saturated rings. The van der Waals surface area contributed by atoms with Gasteiger partial charge in [0.05, 0.1) is 7.11 Å². The summed E-state index contributed by atoms with van der Waals surface area (Å²) in [6, 6.07) is 0. The van der Waals surface area contributed by atoms with E-state index >= 15 is 0 Å². The van der Waals surface area contributed by atoms with Crippen LogP contribution in [0.25, 0.3) is 0 Å². The predicted molar refractivity (Wildman–Crippen MR) is 52.2 cm³/mol. The zero-order valence-corrected chi connectivity index (χ0v) is 8.39. The van der Waals surface area contributed by atoms with Gasteiger partial charge in [0, 0.05) is 17.1 Å². The van der Waals surface area contributed by atoms with Gasteiger partial charge in [0.2, 0.25) is 5.90 Å². The van der Waals surface area contributed by atoms with E-state index in [0.29, 0.717) is 5.90 Å². The highest BCUT2D eigenvalue weighted by Gasteiger charge is 2.02. The van der Waals surface area contributed by atoms with Crippen molar-refractivity contribution in [1.29, 1.82) is 0 Å². The number of rotatable bonds is 3. The second-order valence-electron chi connectivity index (χ2n) is 1.77. The highest BCUT2D eigenvalue weighted by Crippen LogP contribution is 2.03. The highest BCUT2D eigenvalue weighted by molar-refractivity contribution is 9.09. The zero-order chi connectivity index (χ0) is 8.69. The smallest absolute Gasteiger partial charge is 0.216 e. The van der Waals surface area contributed by atoms with Crippen LogP contribution in [0.5, 0.6) is 0 Å². The molecule has 0 rings (SSSR count). The molecule has 2 nitrogen and oxygen atoms in total. The van der Waals surface area contributed by atoms with Crippen molar-refractivity contribution in [1.82, 2.24) is 0 Å². The number of aliphatic imine (C=N–C) groups is 1. The lowest BCUT2D eigenvalue weighted by molar-refractivity contribution is 0.404. The van der Waals surface area contributed by atoms with Crippen LogP contribution in [0.15, 0.2) is 29.4 Å². The minimum absolute atomic E-state index is 0.611. The molecule has 0 aliphatic carbocycles. The van der Waals surface area contributed by atoms with Crippen molar-refractivity contribution in [3.05, 3.63) is 24.4 Å². The number of nitrogens with zero attached hydrogens (tertiary/aromatic N) is 1. The number of methoxy groups -OCH3 is 1. The molecule has 3 heteroatoms. The third-order valence-corrected chi connectivity index (χ3v) is 1.77. The summed E-state index contributed by atoms with van der Waals surface area (Å²) >= 11 is 3.32. The van der Waals surface area contributed by atoms with Gasteiger partial charge in [-0.3, -0.25) is 0 Å². The Balaban J connectivity index is 4.47. The second kappa shape index (κ2) is 6.16. The molecule has 0 aliphatic heterocycles. The van der Waals surface area contributed by atoms with E-state index in [1.165, 1.54) is 6.20 Å². The van der Waals surface area contributed by atoms with E-state index in [9.17, 15) is 0 Å². The fourth-order valence-electron chi connectivity index (χ4n) is 0.607. The Morgan fingerprint density at radius 1 is 1.73 bits per heavy atom. The number of ether oxygens (including phenoxy) is 1. The first-order valence-electron chi connectivity index (χ1n) is 3.24. The molecule has 0 aromatic rings. The van der Waals surface area contributed by atoms with Crippen LogP contribution >= 0.6 is 15.9 Å². The molecule has 11 heavy (non-hydrogen) atoms. The van der Waals surface area contributed by atoms with E-state index < -0.39 is 0 Å². The predicted octanol–water partition coefficient (Wildman–Crippen LogP) is 2.52. The minimum atomic E-state index is 0.611. The Hall–Kier alpha value is -0.570. The largest absolute Gasteiger partial charge is 0.481 e. The third kappa shape index (κ3) is 3.37. The molecule has 62 valence electrons. The van der Waals surface area contributed by atoms with Gasteiger partial charge < -0.3 is 4.74 Å². The van der Waals surface area contributed by atoms with Crippen molar-refractivity contribution >= 4 is 21.8 Å². The van der Waals surface area contributed by atoms with Gasteiger partial charge in [-0.05, 0) is 6.92 Å². The third-order valence-electron chi connectivity index (χ3n) is 1.17. The molecule has 0 radical (unpaired) electrons. The lowest BCUT2D eigenvalue weighted by Crippen LogP contribution is -2.05. The standard InChI is InChI=1S/C8H12BrNO/c1-4-7(6-9)8(11-3)10-5-2/h4-5H,2,6H2,1,3H3/b7-4-,10-8+. The first-order chi connectivity index (χ1) is 5.29. The Labute approximate surface area is 75.8 Å². The molecule has 0 heterocycles. The number of hydrogen-bond acceptors (Lipinski definition) is 2. The molecule has 0 saturated carbocycles. The average molecular weight is 218 g/mol. The van der Waals surface area contributed by atoms with Crippen LogP contribution in [0.4, 0.5) is 0 Å². The summed E-state index contributed by atoms with van der Waals surface area (Å²) in [5.41, 5.74) is 1.02. The minimum Gasteiger partial charge on any atom is -0.481 e. The molecular weight excluding hydrogens is 206 g/mol. The lowest BCUT2D eigenvalue weighted by atomic mass is 10.3. The fourth-order valence-corrected chi connectivity index (χ4v) is 1.17. The lowest BCUT2D eigenvalue weighted by Gasteiger charge is -2.04. The molecule has 0 saturated heterocycles. The SMILES string of the molecule is C=C/N=C(OC)\C(=C/C)CBr. The van der Waals surface area contributed by atoms with Crippen molar-refractivity contribution in [3.8, 4) is 0 Å². The van der Waals surface area contributed by atoms with Crippen molar-refractivity contribution in [2.45, 2.75) is 6.92 Å². The summed E-state index contributed by atoms with van der Waals surface area (Å²) in [6.45, 7) is 5.43. The van der Waals surface area contributed by atoms with E-state index in [1.807, 2.05) is 13.0 Å². The van der Waals surface area contributed by atoms with E-state index in [4.69, 9.17) is 4.74 Å². The number of allylic oxidation sites excluding steroid dienone is 1. The molecule has 0 aromatic heterocycles. The Morgan fingerprint density at radius 3 is 2.64 bits per heavy atom. The topological polar surface area (TPSA) is 21.6 Å². The van der Waals surface area contributed by atoms with Crippen LogP contribution in [0.3, 0.4) is 0 Å². The summed E-state index contributed by atoms with van der Waals surface area (Å²) < 4.78 is 5.02. The van der Waals surface area contributed by atoms with Crippen molar-refractivity contribution in [3.63, 3.8) is 0 Å². The maximum Gasteiger partial charge on any atom is 0.216 e. The fraction of sp³-hybridized carbons (Fsp3) is 0.375. The van der Waals surface area contributed by atoms with Gasteiger partial charge in [-0.15, -0.1) is 0 Å². The molecule has 0 N–H and O–H groups in total. The van der Waals surface area contributed by atoms with E-state index in [2.05, 4.69) is 27.5 Å². The molecule has 0 unspecified atom stereocenters. The van der Waals surface area contributed by atoms with Crippen molar-refractivity contribution in [2.75, 3.05) is 12.4 Å². The molecule has 0 bridgehead atoms. The monoisotopic (exact) mass is 217 g/mol. The van der Waals surface area contributed by atoms with Gasteiger partial charge in [-0.2, -0.15) is 0 Å². The molecule has 0 amide bonds. The van der Waals surface area contributed by atoms with Crippen LogP contribution in [-0.2, 0) is 4.74 Å². The summed E-state index contributed by atoms with van der Waals surface area (Å²) in [4.78, 5) is 3.94. The summed E-state index contributed by atoms with van der Waals surface area (Å²) in [5.74, 6) is 0.611. The maximum absolute atomic E-state index is 5.02. The molecule has 0 aliphatic rings. The van der Waals surface area contributed by atoms with Crippen LogP contribution in [0.2, 0.25) is 0 Å². The number of hydrogen-bond donors (Lipinski definition) is 0. The first-order valence-corrected chi connectivity index (χ1v) is 4.36. The van der Waals surface area contributed by atoms with Crippen LogP contribution < -0.4 is 0 Å². The summed E-state index contributed by atoms with van der Waals surface area (Å²) in [6.07, 6.45) is 3.41. The molecule has 0 atom stereocenters. The Kier molecular flexibility index (Phi) is 5.84. The quantitative estimate of drug-likeness (QED) is 0.405. The average Bonchev–Trinajstić information content (AvgIpc) is 2.05.